The fraction of sp³-hybridized carbons (Fsp3) is 0.577. The van der Waals surface area contributed by atoms with Crippen molar-refractivity contribution < 1.29 is 14.6 Å². The molecule has 2 aliphatic rings. The number of hydrogen-bond donors (Lipinski definition) is 2. The molecular formula is C26H36N2O4. The molecule has 2 aromatic rings. The minimum absolute atomic E-state index is 0.155. The number of carboxylic acid groups (broad SMARTS) is 1. The Labute approximate surface area is 190 Å². The van der Waals surface area contributed by atoms with Gasteiger partial charge in [-0.1, -0.05) is 34.6 Å². The molecule has 32 heavy (non-hydrogen) atoms. The number of hydrogen-bond acceptors (Lipinski definition) is 4. The molecule has 6 nitrogen and oxygen atoms in total. The molecule has 0 amide bonds. The van der Waals surface area contributed by atoms with E-state index in [1.807, 2.05) is 13.8 Å². The smallest absolute Gasteiger partial charge is 0.341 e. The van der Waals surface area contributed by atoms with E-state index >= 15 is 0 Å². The van der Waals surface area contributed by atoms with Crippen molar-refractivity contribution in [2.75, 3.05) is 6.61 Å². The minimum Gasteiger partial charge on any atom is -0.491 e. The Morgan fingerprint density at radius 2 is 1.88 bits per heavy atom. The molecule has 2 aliphatic carbocycles. The molecule has 0 spiro atoms. The number of carboxylic acids is 1. The standard InChI is InChI=1S/C24H30N2O4.C2H6/c1-24(2,3)9-8-16-10-20(30-13-14-4-5-14)22(15-6-7-15)26-21(16)18-11-19(27)17(12-25-18)23(28)29;1-2/h10-12,14-15H,4-9,13H2,1-3H3,(H,25,27)(H,28,29);1-2H3. The van der Waals surface area contributed by atoms with Gasteiger partial charge in [0.05, 0.1) is 23.7 Å². The predicted octanol–water partition coefficient (Wildman–Crippen LogP) is 5.81. The molecule has 2 fully saturated rings. The van der Waals surface area contributed by atoms with Gasteiger partial charge in [0.25, 0.3) is 0 Å². The van der Waals surface area contributed by atoms with Gasteiger partial charge in [-0.25, -0.2) is 9.78 Å². The van der Waals surface area contributed by atoms with E-state index in [-0.39, 0.29) is 11.0 Å². The first-order valence-corrected chi connectivity index (χ1v) is 11.8. The molecule has 0 unspecified atom stereocenters. The van der Waals surface area contributed by atoms with Crippen LogP contribution in [0, 0.1) is 11.3 Å². The highest BCUT2D eigenvalue weighted by atomic mass is 16.5. The summed E-state index contributed by atoms with van der Waals surface area (Å²) in [5.74, 6) is 0.710. The molecule has 0 aliphatic heterocycles. The monoisotopic (exact) mass is 440 g/mol. The first-order chi connectivity index (χ1) is 15.2. The largest absolute Gasteiger partial charge is 0.491 e. The maximum atomic E-state index is 12.3. The number of aromatic carboxylic acids is 1. The number of aromatic amines is 1. The number of aromatic nitrogens is 2. The van der Waals surface area contributed by atoms with E-state index in [0.717, 1.165) is 55.0 Å². The molecule has 0 saturated heterocycles. The second kappa shape index (κ2) is 9.88. The summed E-state index contributed by atoms with van der Waals surface area (Å²) in [6, 6.07) is 3.46. The van der Waals surface area contributed by atoms with Gasteiger partial charge in [-0.3, -0.25) is 4.79 Å². The number of nitrogens with zero attached hydrogens (tertiary/aromatic N) is 1. The van der Waals surface area contributed by atoms with Gasteiger partial charge < -0.3 is 14.8 Å². The van der Waals surface area contributed by atoms with Gasteiger partial charge >= 0.3 is 5.97 Å². The van der Waals surface area contributed by atoms with Crippen LogP contribution in [0.3, 0.4) is 0 Å². The van der Waals surface area contributed by atoms with E-state index < -0.39 is 11.4 Å². The zero-order chi connectivity index (χ0) is 23.5. The van der Waals surface area contributed by atoms with Gasteiger partial charge in [-0.2, -0.15) is 0 Å². The van der Waals surface area contributed by atoms with Crippen LogP contribution in [-0.2, 0) is 6.42 Å². The molecule has 0 radical (unpaired) electrons. The van der Waals surface area contributed by atoms with Crippen molar-refractivity contribution in [2.45, 2.75) is 79.1 Å². The lowest BCUT2D eigenvalue weighted by Crippen LogP contribution is -2.15. The lowest BCUT2D eigenvalue weighted by molar-refractivity contribution is 0.0695. The molecule has 0 bridgehead atoms. The number of nitrogens with one attached hydrogen (secondary N) is 1. The first kappa shape index (κ1) is 24.0. The Morgan fingerprint density at radius 1 is 1.19 bits per heavy atom. The highest BCUT2D eigenvalue weighted by molar-refractivity contribution is 5.87. The molecule has 2 aromatic heterocycles. The van der Waals surface area contributed by atoms with E-state index in [1.54, 1.807) is 0 Å². The second-order valence-corrected chi connectivity index (χ2v) is 9.90. The van der Waals surface area contributed by atoms with Crippen molar-refractivity contribution in [1.29, 1.82) is 0 Å². The third kappa shape index (κ3) is 6.21. The Morgan fingerprint density at radius 3 is 2.41 bits per heavy atom. The summed E-state index contributed by atoms with van der Waals surface area (Å²) in [7, 11) is 0. The number of H-pyrrole nitrogens is 1. The summed E-state index contributed by atoms with van der Waals surface area (Å²) in [4.78, 5) is 31.5. The average Bonchev–Trinajstić information content (AvgIpc) is 3.65. The molecule has 2 N–H and O–H groups in total. The van der Waals surface area contributed by atoms with Crippen LogP contribution in [0.4, 0.5) is 0 Å². The number of rotatable bonds is 8. The van der Waals surface area contributed by atoms with Gasteiger partial charge in [0.1, 0.15) is 11.3 Å². The van der Waals surface area contributed by atoms with Gasteiger partial charge in [0.2, 0.25) is 0 Å². The van der Waals surface area contributed by atoms with Crippen LogP contribution in [0.15, 0.2) is 23.1 Å². The van der Waals surface area contributed by atoms with Crippen molar-refractivity contribution in [3.8, 4) is 17.1 Å². The lowest BCUT2D eigenvalue weighted by atomic mass is 9.88. The maximum Gasteiger partial charge on any atom is 0.341 e. The molecule has 0 atom stereocenters. The van der Waals surface area contributed by atoms with Crippen molar-refractivity contribution in [1.82, 2.24) is 9.97 Å². The fourth-order valence-electron chi connectivity index (χ4n) is 3.51. The van der Waals surface area contributed by atoms with E-state index in [0.29, 0.717) is 17.5 Å². The Balaban J connectivity index is 0.00000141. The molecule has 4 rings (SSSR count). The third-order valence-corrected chi connectivity index (χ3v) is 5.77. The summed E-state index contributed by atoms with van der Waals surface area (Å²) >= 11 is 0. The summed E-state index contributed by atoms with van der Waals surface area (Å²) < 4.78 is 6.19. The van der Waals surface area contributed by atoms with Crippen LogP contribution >= 0.6 is 0 Å². The molecule has 2 saturated carbocycles. The Kier molecular flexibility index (Phi) is 7.42. The van der Waals surface area contributed by atoms with Crippen LogP contribution in [0.5, 0.6) is 5.75 Å². The third-order valence-electron chi connectivity index (χ3n) is 5.77. The summed E-state index contributed by atoms with van der Waals surface area (Å²) in [6.07, 6.45) is 7.70. The van der Waals surface area contributed by atoms with E-state index in [4.69, 9.17) is 9.72 Å². The molecule has 6 heteroatoms. The van der Waals surface area contributed by atoms with Crippen molar-refractivity contribution in [2.24, 2.45) is 11.3 Å². The molecule has 2 heterocycles. The Hall–Kier alpha value is -2.63. The number of ether oxygens (including phenoxy) is 1. The van der Waals surface area contributed by atoms with Crippen molar-refractivity contribution in [3.05, 3.63) is 45.4 Å². The van der Waals surface area contributed by atoms with Crippen LogP contribution in [0.25, 0.3) is 11.4 Å². The topological polar surface area (TPSA) is 92.3 Å². The second-order valence-electron chi connectivity index (χ2n) is 9.90. The summed E-state index contributed by atoms with van der Waals surface area (Å²) in [5, 5.41) is 9.17. The van der Waals surface area contributed by atoms with Crippen LogP contribution in [-0.4, -0.2) is 27.7 Å². The predicted molar refractivity (Wildman–Crippen MR) is 127 cm³/mol. The molecule has 174 valence electrons. The lowest BCUT2D eigenvalue weighted by Gasteiger charge is -2.21. The van der Waals surface area contributed by atoms with Gasteiger partial charge in [-0.05, 0) is 61.5 Å². The highest BCUT2D eigenvalue weighted by Crippen LogP contribution is 2.45. The summed E-state index contributed by atoms with van der Waals surface area (Å²) in [5.41, 5.74) is 2.66. The number of carbonyl (C=O) groups is 1. The first-order valence-electron chi connectivity index (χ1n) is 11.8. The van der Waals surface area contributed by atoms with E-state index in [2.05, 4.69) is 31.8 Å². The SMILES string of the molecule is CC.CC(C)(C)CCc1cc(OCC2CC2)c(C2CC2)nc1-c1cc(=O)c(C(=O)O)c[nH]1. The zero-order valence-electron chi connectivity index (χ0n) is 20.0. The quantitative estimate of drug-likeness (QED) is 0.541. The fourth-order valence-corrected chi connectivity index (χ4v) is 3.51. The van der Waals surface area contributed by atoms with Gasteiger partial charge in [0.15, 0.2) is 5.43 Å². The maximum absolute atomic E-state index is 12.3. The Bertz CT molecular complexity index is 1010. The molecule has 0 aromatic carbocycles. The van der Waals surface area contributed by atoms with Crippen molar-refractivity contribution >= 4 is 5.97 Å². The van der Waals surface area contributed by atoms with Crippen LogP contribution < -0.4 is 10.2 Å². The van der Waals surface area contributed by atoms with Crippen LogP contribution in [0.2, 0.25) is 0 Å². The normalized spacial score (nSPS) is 15.7. The average molecular weight is 441 g/mol. The molecular weight excluding hydrogens is 404 g/mol. The number of aryl methyl sites for hydroxylation is 1. The number of pyridine rings is 2. The van der Waals surface area contributed by atoms with E-state index in [9.17, 15) is 14.7 Å². The zero-order valence-corrected chi connectivity index (χ0v) is 20.0. The minimum atomic E-state index is -1.23. The van der Waals surface area contributed by atoms with Gasteiger partial charge in [0, 0.05) is 18.2 Å². The highest BCUT2D eigenvalue weighted by Gasteiger charge is 2.31. The van der Waals surface area contributed by atoms with E-state index in [1.165, 1.54) is 25.1 Å². The summed E-state index contributed by atoms with van der Waals surface area (Å²) in [6.45, 7) is 11.3. The van der Waals surface area contributed by atoms with Crippen molar-refractivity contribution in [3.63, 3.8) is 0 Å². The van der Waals surface area contributed by atoms with Gasteiger partial charge in [-0.15, -0.1) is 0 Å². The van der Waals surface area contributed by atoms with Crippen LogP contribution in [0.1, 0.15) is 94.3 Å².